The van der Waals surface area contributed by atoms with Gasteiger partial charge in [0, 0.05) is 7.59 Å². The monoisotopic (exact) mass is 280 g/mol. The maximum atomic E-state index is 2.54. The van der Waals surface area contributed by atoms with Gasteiger partial charge in [0.25, 0.3) is 0 Å². The van der Waals surface area contributed by atoms with Crippen molar-refractivity contribution in [1.82, 2.24) is 0 Å². The molecule has 1 aromatic rings. The van der Waals surface area contributed by atoms with Crippen molar-refractivity contribution in [3.8, 4) is 0 Å². The van der Waals surface area contributed by atoms with E-state index in [0.717, 1.165) is 0 Å². The average molecular weight is 281 g/mol. The standard InChI is InChI=1S/C14H28Si3/c1-15(2,3)13-9-11-14(12-10-13)17(7,8)16(4,5)6/h9-12H,1-8H3. The molecule has 0 aliphatic heterocycles. The first-order valence-corrected chi connectivity index (χ1v) is 17.6. The van der Waals surface area contributed by atoms with Gasteiger partial charge in [-0.3, -0.25) is 0 Å². The van der Waals surface area contributed by atoms with Crippen molar-refractivity contribution in [3.05, 3.63) is 24.3 Å². The molecule has 0 saturated heterocycles. The molecule has 0 aliphatic rings. The van der Waals surface area contributed by atoms with Crippen molar-refractivity contribution in [1.29, 1.82) is 0 Å². The highest BCUT2D eigenvalue weighted by Gasteiger charge is 2.38. The van der Waals surface area contributed by atoms with Crippen molar-refractivity contribution in [2.45, 2.75) is 52.4 Å². The second-order valence-corrected chi connectivity index (χ2v) is 29.4. The molecule has 0 heterocycles. The van der Waals surface area contributed by atoms with Gasteiger partial charge in [-0.1, -0.05) is 87.0 Å². The molecule has 0 bridgehead atoms. The van der Waals surface area contributed by atoms with Crippen molar-refractivity contribution < 1.29 is 0 Å². The van der Waals surface area contributed by atoms with E-state index in [1.165, 1.54) is 0 Å². The van der Waals surface area contributed by atoms with Crippen LogP contribution in [0.1, 0.15) is 0 Å². The summed E-state index contributed by atoms with van der Waals surface area (Å²) in [5.41, 5.74) is 0. The summed E-state index contributed by atoms with van der Waals surface area (Å²) in [4.78, 5) is 0. The molecule has 1 rings (SSSR count). The summed E-state index contributed by atoms with van der Waals surface area (Å²) in [6, 6.07) is 9.66. The van der Waals surface area contributed by atoms with Crippen LogP contribution in [-0.4, -0.2) is 23.3 Å². The molecular weight excluding hydrogens is 252 g/mol. The lowest BCUT2D eigenvalue weighted by atomic mass is 10.4. The summed E-state index contributed by atoms with van der Waals surface area (Å²) in [5, 5.41) is 3.24. The van der Waals surface area contributed by atoms with Gasteiger partial charge in [0.1, 0.15) is 0 Å². The first kappa shape index (κ1) is 14.9. The molecule has 0 saturated carbocycles. The van der Waals surface area contributed by atoms with Gasteiger partial charge in [0.15, 0.2) is 0 Å². The van der Waals surface area contributed by atoms with E-state index in [1.54, 1.807) is 10.4 Å². The first-order valence-electron chi connectivity index (χ1n) is 6.57. The third-order valence-electron chi connectivity index (χ3n) is 4.35. The molecule has 0 amide bonds. The topological polar surface area (TPSA) is 0 Å². The molecule has 0 nitrogen and oxygen atoms in total. The Morgan fingerprint density at radius 2 is 0.941 bits per heavy atom. The van der Waals surface area contributed by atoms with E-state index in [9.17, 15) is 0 Å². The van der Waals surface area contributed by atoms with Crippen LogP contribution in [-0.2, 0) is 0 Å². The van der Waals surface area contributed by atoms with Crippen molar-refractivity contribution in [2.24, 2.45) is 0 Å². The summed E-state index contributed by atoms with van der Waals surface area (Å²) in [6.45, 7) is 19.9. The van der Waals surface area contributed by atoms with E-state index < -0.39 is 23.3 Å². The lowest BCUT2D eigenvalue weighted by Gasteiger charge is -2.36. The van der Waals surface area contributed by atoms with E-state index in [0.29, 0.717) is 0 Å². The van der Waals surface area contributed by atoms with E-state index in [1.807, 2.05) is 0 Å². The van der Waals surface area contributed by atoms with Crippen LogP contribution in [0.5, 0.6) is 0 Å². The Hall–Kier alpha value is -0.129. The Morgan fingerprint density at radius 3 is 1.24 bits per heavy atom. The second-order valence-electron chi connectivity index (χ2n) is 7.70. The van der Waals surface area contributed by atoms with Crippen LogP contribution >= 0.6 is 0 Å². The fourth-order valence-corrected chi connectivity index (χ4v) is 7.95. The number of hydrogen-bond donors (Lipinski definition) is 0. The van der Waals surface area contributed by atoms with Crippen molar-refractivity contribution >= 4 is 33.6 Å². The average Bonchev–Trinajstić information content (AvgIpc) is 2.15. The van der Waals surface area contributed by atoms with Gasteiger partial charge in [-0.25, -0.2) is 0 Å². The van der Waals surface area contributed by atoms with Gasteiger partial charge in [-0.15, -0.1) is 0 Å². The molecule has 0 atom stereocenters. The molecule has 0 aliphatic carbocycles. The number of rotatable bonds is 3. The highest BCUT2D eigenvalue weighted by molar-refractivity contribution is 7.45. The zero-order valence-electron chi connectivity index (χ0n) is 12.8. The zero-order chi connectivity index (χ0) is 13.5. The van der Waals surface area contributed by atoms with Crippen LogP contribution in [0.3, 0.4) is 0 Å². The van der Waals surface area contributed by atoms with Crippen LogP contribution in [0.2, 0.25) is 52.4 Å². The molecule has 0 unspecified atom stereocenters. The van der Waals surface area contributed by atoms with Gasteiger partial charge < -0.3 is 0 Å². The highest BCUT2D eigenvalue weighted by atomic mass is 29.3. The van der Waals surface area contributed by atoms with Crippen LogP contribution in [0.25, 0.3) is 0 Å². The minimum atomic E-state index is -1.21. The third-order valence-corrected chi connectivity index (χ3v) is 24.1. The molecular formula is C14H28Si3. The molecule has 0 N–H and O–H groups in total. The highest BCUT2D eigenvalue weighted by Crippen LogP contribution is 2.18. The molecule has 3 heteroatoms. The summed E-state index contributed by atoms with van der Waals surface area (Å²) in [5.74, 6) is 0. The Morgan fingerprint density at radius 1 is 0.588 bits per heavy atom. The Balaban J connectivity index is 3.12. The molecule has 17 heavy (non-hydrogen) atoms. The third kappa shape index (κ3) is 3.20. The number of benzene rings is 1. The fourth-order valence-electron chi connectivity index (χ4n) is 1.82. The maximum absolute atomic E-state index is 2.54. The molecule has 0 radical (unpaired) electrons. The van der Waals surface area contributed by atoms with Gasteiger partial charge in [-0.2, -0.15) is 0 Å². The van der Waals surface area contributed by atoms with Crippen LogP contribution in [0.15, 0.2) is 24.3 Å². The minimum absolute atomic E-state index is 1.04. The van der Waals surface area contributed by atoms with Crippen LogP contribution in [0.4, 0.5) is 0 Å². The molecule has 1 aromatic carbocycles. The zero-order valence-corrected chi connectivity index (χ0v) is 15.8. The summed E-state index contributed by atoms with van der Waals surface area (Å²) in [7, 11) is -3.38. The fraction of sp³-hybridized carbons (Fsp3) is 0.571. The SMILES string of the molecule is C[Si](C)(C)c1ccc([Si](C)(C)[Si](C)(C)C)cc1. The van der Waals surface area contributed by atoms with E-state index in [2.05, 4.69) is 76.6 Å². The lowest BCUT2D eigenvalue weighted by Crippen LogP contribution is -2.61. The molecule has 0 fully saturated rings. The number of hydrogen-bond acceptors (Lipinski definition) is 0. The largest absolute Gasteiger partial charge is 0.0775 e. The summed E-state index contributed by atoms with van der Waals surface area (Å²) >= 11 is 0. The molecule has 0 spiro atoms. The Bertz CT molecular complexity index is 377. The smallest absolute Gasteiger partial charge is 0.0712 e. The van der Waals surface area contributed by atoms with Crippen LogP contribution < -0.4 is 10.4 Å². The second kappa shape index (κ2) is 4.52. The Kier molecular flexibility index (Phi) is 3.97. The predicted octanol–water partition coefficient (Wildman–Crippen LogP) is 3.56. The van der Waals surface area contributed by atoms with E-state index >= 15 is 0 Å². The summed E-state index contributed by atoms with van der Waals surface area (Å²) < 4.78 is 0. The van der Waals surface area contributed by atoms with Gasteiger partial charge in [-0.05, 0) is 0 Å². The van der Waals surface area contributed by atoms with E-state index in [-0.39, 0.29) is 0 Å². The summed E-state index contributed by atoms with van der Waals surface area (Å²) in [6.07, 6.45) is 0. The first-order chi connectivity index (χ1) is 7.46. The molecule has 0 aromatic heterocycles. The normalized spacial score (nSPS) is 13.9. The Labute approximate surface area is 110 Å². The lowest BCUT2D eigenvalue weighted by molar-refractivity contribution is 1.67. The van der Waals surface area contributed by atoms with Gasteiger partial charge in [0.05, 0.1) is 15.7 Å². The van der Waals surface area contributed by atoms with Crippen molar-refractivity contribution in [2.75, 3.05) is 0 Å². The van der Waals surface area contributed by atoms with Crippen molar-refractivity contribution in [3.63, 3.8) is 0 Å². The van der Waals surface area contributed by atoms with Gasteiger partial charge in [0.2, 0.25) is 0 Å². The maximum Gasteiger partial charge on any atom is 0.0775 e. The van der Waals surface area contributed by atoms with Crippen LogP contribution in [0, 0.1) is 0 Å². The predicted molar refractivity (Wildman–Crippen MR) is 89.9 cm³/mol. The minimum Gasteiger partial charge on any atom is -0.0712 e. The quantitative estimate of drug-likeness (QED) is 0.743. The molecule has 96 valence electrons. The van der Waals surface area contributed by atoms with Gasteiger partial charge >= 0.3 is 0 Å². The van der Waals surface area contributed by atoms with E-state index in [4.69, 9.17) is 0 Å².